The first kappa shape index (κ1) is 28.6. The molecule has 0 radical (unpaired) electrons. The maximum absolute atomic E-state index is 11.1. The topological polar surface area (TPSA) is 85.3 Å². The van der Waals surface area contributed by atoms with Gasteiger partial charge in [0, 0.05) is 19.6 Å². The molecular formula is C18H39NO6. The van der Waals surface area contributed by atoms with Crippen LogP contribution in [0.1, 0.15) is 42.5 Å². The van der Waals surface area contributed by atoms with E-state index in [4.69, 9.17) is 14.6 Å². The van der Waals surface area contributed by atoms with E-state index in [1.807, 2.05) is 13.8 Å². The van der Waals surface area contributed by atoms with Gasteiger partial charge in [-0.1, -0.05) is 42.5 Å². The molecule has 0 amide bonds. The fourth-order valence-corrected chi connectivity index (χ4v) is 1.58. The molecule has 1 aliphatic heterocycles. The van der Waals surface area contributed by atoms with Crippen molar-refractivity contribution in [2.45, 2.75) is 42.5 Å². The van der Waals surface area contributed by atoms with E-state index in [0.29, 0.717) is 6.61 Å². The smallest absolute Gasteiger partial charge is 0.308 e. The lowest BCUT2D eigenvalue weighted by Gasteiger charge is -2.26. The Kier molecular flexibility index (Phi) is 20.2. The highest BCUT2D eigenvalue weighted by molar-refractivity contribution is 5.71. The van der Waals surface area contributed by atoms with E-state index < -0.39 is 0 Å². The van der Waals surface area contributed by atoms with Crippen LogP contribution in [-0.4, -0.2) is 74.6 Å². The first-order valence-electron chi connectivity index (χ1n) is 8.12. The summed E-state index contributed by atoms with van der Waals surface area (Å²) in [5, 5.41) is 8.22. The van der Waals surface area contributed by atoms with Gasteiger partial charge in [-0.05, 0) is 0 Å². The molecule has 7 nitrogen and oxygen atoms in total. The molecule has 1 saturated heterocycles. The average molecular weight is 366 g/mol. The van der Waals surface area contributed by atoms with Crippen molar-refractivity contribution in [1.29, 1.82) is 0 Å². The number of carbonyl (C=O) groups excluding carboxylic acids is 2. The SMILES string of the molecule is C.C.CC(C)C(=O)OCCN1CCOCC1.CC(C)C(=O)OCCO. The summed E-state index contributed by atoms with van der Waals surface area (Å²) >= 11 is 0. The predicted molar refractivity (Wildman–Crippen MR) is 99.4 cm³/mol. The highest BCUT2D eigenvalue weighted by atomic mass is 16.5. The van der Waals surface area contributed by atoms with Crippen LogP contribution in [0, 0.1) is 11.8 Å². The quantitative estimate of drug-likeness (QED) is 0.690. The molecule has 1 rings (SSSR count). The standard InChI is InChI=1S/C10H19NO3.C6H12O3.2CH4/c1-9(2)10(12)14-8-5-11-3-6-13-7-4-11;1-5(2)6(8)9-4-3-7;;/h9H,3-8H2,1-2H3;5,7H,3-4H2,1-2H3;2*1H4. The van der Waals surface area contributed by atoms with Gasteiger partial charge in [-0.15, -0.1) is 0 Å². The average Bonchev–Trinajstić information content (AvgIpc) is 2.53. The van der Waals surface area contributed by atoms with Crippen molar-refractivity contribution in [2.75, 3.05) is 52.7 Å². The van der Waals surface area contributed by atoms with Gasteiger partial charge >= 0.3 is 11.9 Å². The summed E-state index contributed by atoms with van der Waals surface area (Å²) in [4.78, 5) is 23.9. The fourth-order valence-electron chi connectivity index (χ4n) is 1.58. The number of rotatable bonds is 7. The Labute approximate surface area is 153 Å². The fraction of sp³-hybridized carbons (Fsp3) is 0.889. The van der Waals surface area contributed by atoms with Gasteiger partial charge in [0.25, 0.3) is 0 Å². The number of nitrogens with zero attached hydrogens (tertiary/aromatic N) is 1. The van der Waals surface area contributed by atoms with Crippen molar-refractivity contribution in [3.63, 3.8) is 0 Å². The molecule has 0 bridgehead atoms. The van der Waals surface area contributed by atoms with Crippen LogP contribution in [0.5, 0.6) is 0 Å². The van der Waals surface area contributed by atoms with Crippen molar-refractivity contribution in [1.82, 2.24) is 4.90 Å². The number of carbonyl (C=O) groups is 2. The minimum absolute atomic E-state index is 0. The van der Waals surface area contributed by atoms with Crippen LogP contribution in [0.25, 0.3) is 0 Å². The first-order chi connectivity index (χ1) is 10.9. The van der Waals surface area contributed by atoms with Crippen LogP contribution in [0.4, 0.5) is 0 Å². The monoisotopic (exact) mass is 365 g/mol. The third kappa shape index (κ3) is 16.1. The zero-order valence-electron chi connectivity index (χ0n) is 14.7. The van der Waals surface area contributed by atoms with Gasteiger partial charge in [-0.25, -0.2) is 0 Å². The Morgan fingerprint density at radius 1 is 0.960 bits per heavy atom. The Morgan fingerprint density at radius 3 is 1.80 bits per heavy atom. The molecule has 1 fully saturated rings. The van der Waals surface area contributed by atoms with Crippen LogP contribution in [-0.2, 0) is 23.8 Å². The molecule has 0 saturated carbocycles. The number of esters is 2. The van der Waals surface area contributed by atoms with E-state index in [0.717, 1.165) is 32.8 Å². The van der Waals surface area contributed by atoms with Gasteiger partial charge in [-0.2, -0.15) is 0 Å². The molecule has 0 aliphatic carbocycles. The summed E-state index contributed by atoms with van der Waals surface area (Å²) in [5.74, 6) is -0.501. The van der Waals surface area contributed by atoms with E-state index in [2.05, 4.69) is 9.64 Å². The lowest BCUT2D eigenvalue weighted by atomic mass is 10.2. The summed E-state index contributed by atoms with van der Waals surface area (Å²) in [6.07, 6.45) is 0. The predicted octanol–water partition coefficient (Wildman–Crippen LogP) is 1.97. The molecule has 7 heteroatoms. The van der Waals surface area contributed by atoms with Gasteiger partial charge in [0.15, 0.2) is 0 Å². The first-order valence-corrected chi connectivity index (χ1v) is 8.12. The molecule has 1 N–H and O–H groups in total. The zero-order valence-corrected chi connectivity index (χ0v) is 14.7. The Balaban J connectivity index is -0.000000390. The molecule has 0 aromatic rings. The second-order valence-corrected chi connectivity index (χ2v) is 5.82. The lowest BCUT2D eigenvalue weighted by molar-refractivity contribution is -0.149. The number of ether oxygens (including phenoxy) is 3. The molecule has 0 unspecified atom stereocenters. The summed E-state index contributed by atoms with van der Waals surface area (Å²) in [7, 11) is 0. The van der Waals surface area contributed by atoms with Gasteiger partial charge in [0.1, 0.15) is 13.2 Å². The van der Waals surface area contributed by atoms with E-state index in [1.165, 1.54) is 0 Å². The van der Waals surface area contributed by atoms with Gasteiger partial charge < -0.3 is 19.3 Å². The number of morpholine rings is 1. The Morgan fingerprint density at radius 2 is 1.40 bits per heavy atom. The number of aliphatic hydroxyl groups excluding tert-OH is 1. The van der Waals surface area contributed by atoms with E-state index in [-0.39, 0.29) is 51.8 Å². The van der Waals surface area contributed by atoms with Gasteiger partial charge in [-0.3, -0.25) is 14.5 Å². The maximum atomic E-state index is 11.1. The highest BCUT2D eigenvalue weighted by Crippen LogP contribution is 1.99. The Hall–Kier alpha value is -1.18. The third-order valence-corrected chi connectivity index (χ3v) is 3.03. The lowest BCUT2D eigenvalue weighted by Crippen LogP contribution is -2.38. The number of aliphatic hydroxyl groups is 1. The van der Waals surface area contributed by atoms with Crippen molar-refractivity contribution < 1.29 is 28.9 Å². The molecule has 25 heavy (non-hydrogen) atoms. The third-order valence-electron chi connectivity index (χ3n) is 3.03. The molecule has 0 atom stereocenters. The van der Waals surface area contributed by atoms with Gasteiger partial charge in [0.05, 0.1) is 31.7 Å². The van der Waals surface area contributed by atoms with E-state index >= 15 is 0 Å². The largest absolute Gasteiger partial charge is 0.464 e. The van der Waals surface area contributed by atoms with Crippen molar-refractivity contribution in [2.24, 2.45) is 11.8 Å². The molecular weight excluding hydrogens is 326 g/mol. The second kappa shape index (κ2) is 17.6. The van der Waals surface area contributed by atoms with Crippen molar-refractivity contribution in [3.8, 4) is 0 Å². The minimum Gasteiger partial charge on any atom is -0.464 e. The summed E-state index contributed by atoms with van der Waals surface area (Å²) < 4.78 is 14.9. The number of hydrogen-bond donors (Lipinski definition) is 1. The molecule has 152 valence electrons. The zero-order chi connectivity index (χ0) is 17.7. The molecule has 1 aliphatic rings. The summed E-state index contributed by atoms with van der Waals surface area (Å²) in [5.41, 5.74) is 0. The van der Waals surface area contributed by atoms with E-state index in [9.17, 15) is 9.59 Å². The maximum Gasteiger partial charge on any atom is 0.308 e. The molecule has 0 spiro atoms. The molecule has 1 heterocycles. The molecule has 0 aromatic heterocycles. The van der Waals surface area contributed by atoms with Crippen LogP contribution < -0.4 is 0 Å². The Bertz CT molecular complexity index is 328. The van der Waals surface area contributed by atoms with Crippen LogP contribution in [0.3, 0.4) is 0 Å². The van der Waals surface area contributed by atoms with Crippen LogP contribution in [0.15, 0.2) is 0 Å². The highest BCUT2D eigenvalue weighted by Gasteiger charge is 2.12. The number of hydrogen-bond acceptors (Lipinski definition) is 7. The normalized spacial score (nSPS) is 13.9. The second-order valence-electron chi connectivity index (χ2n) is 5.82. The summed E-state index contributed by atoms with van der Waals surface area (Å²) in [6, 6.07) is 0. The minimum atomic E-state index is -0.260. The van der Waals surface area contributed by atoms with Crippen LogP contribution in [0.2, 0.25) is 0 Å². The summed E-state index contributed by atoms with van der Waals surface area (Å²) in [6.45, 7) is 12.0. The van der Waals surface area contributed by atoms with Crippen LogP contribution >= 0.6 is 0 Å². The van der Waals surface area contributed by atoms with E-state index in [1.54, 1.807) is 13.8 Å². The molecule has 0 aromatic carbocycles. The van der Waals surface area contributed by atoms with Gasteiger partial charge in [0.2, 0.25) is 0 Å². The van der Waals surface area contributed by atoms with Crippen molar-refractivity contribution >= 4 is 11.9 Å². The van der Waals surface area contributed by atoms with Crippen molar-refractivity contribution in [3.05, 3.63) is 0 Å².